The fourth-order valence-corrected chi connectivity index (χ4v) is 0.880. The summed E-state index contributed by atoms with van der Waals surface area (Å²) in [6.07, 6.45) is 0. The Hall–Kier alpha value is -1.06. The number of quaternary nitrogens is 1. The van der Waals surface area contributed by atoms with Crippen LogP contribution in [0.15, 0.2) is 24.3 Å². The van der Waals surface area contributed by atoms with Crippen molar-refractivity contribution < 1.29 is 15.5 Å². The molecule has 1 aromatic rings. The first-order valence-corrected chi connectivity index (χ1v) is 3.36. The molecule has 0 radical (unpaired) electrons. The fourth-order valence-electron chi connectivity index (χ4n) is 0.880. The van der Waals surface area contributed by atoms with Crippen LogP contribution in [0.25, 0.3) is 0 Å². The maximum absolute atomic E-state index is 5.03. The Morgan fingerprint density at radius 3 is 2.91 bits per heavy atom. The van der Waals surface area contributed by atoms with Crippen LogP contribution >= 0.6 is 0 Å². The molecule has 0 amide bonds. The molecule has 0 spiro atoms. The van der Waals surface area contributed by atoms with Gasteiger partial charge in [-0.05, 0) is 17.7 Å². The van der Waals surface area contributed by atoms with E-state index >= 15 is 0 Å². The van der Waals surface area contributed by atoms with Crippen molar-refractivity contribution in [2.45, 2.75) is 6.61 Å². The van der Waals surface area contributed by atoms with Crippen molar-refractivity contribution in [1.29, 1.82) is 0 Å². The largest absolute Gasteiger partial charge is 0.497 e. The summed E-state index contributed by atoms with van der Waals surface area (Å²) in [5.74, 6) is 4.14. The summed E-state index contributed by atoms with van der Waals surface area (Å²) >= 11 is 0. The van der Waals surface area contributed by atoms with Crippen LogP contribution in [0.3, 0.4) is 0 Å². The van der Waals surface area contributed by atoms with E-state index in [9.17, 15) is 0 Å². The Kier molecular flexibility index (Phi) is 2.89. The summed E-state index contributed by atoms with van der Waals surface area (Å²) in [6.45, 7) is 0.525. The van der Waals surface area contributed by atoms with Crippen LogP contribution in [-0.2, 0) is 11.4 Å². The van der Waals surface area contributed by atoms with E-state index in [0.717, 1.165) is 11.3 Å². The van der Waals surface area contributed by atoms with Crippen LogP contribution in [0.2, 0.25) is 0 Å². The normalized spacial score (nSPS) is 9.64. The zero-order chi connectivity index (χ0) is 8.10. The lowest BCUT2D eigenvalue weighted by atomic mass is 10.2. The minimum absolute atomic E-state index is 0.525. The molecule has 0 fully saturated rings. The lowest BCUT2D eigenvalue weighted by Crippen LogP contribution is -2.48. The van der Waals surface area contributed by atoms with Gasteiger partial charge in [0.25, 0.3) is 0 Å². The van der Waals surface area contributed by atoms with Crippen LogP contribution in [0.5, 0.6) is 5.75 Å². The van der Waals surface area contributed by atoms with E-state index in [1.165, 1.54) is 0 Å². The highest BCUT2D eigenvalue weighted by molar-refractivity contribution is 5.27. The first kappa shape index (κ1) is 8.04. The van der Waals surface area contributed by atoms with Gasteiger partial charge in [-0.2, -0.15) is 0 Å². The molecular formula is C8H12NO2+. The minimum atomic E-state index is 0.525. The summed E-state index contributed by atoms with van der Waals surface area (Å²) in [6, 6.07) is 7.71. The monoisotopic (exact) mass is 154 g/mol. The lowest BCUT2D eigenvalue weighted by Gasteiger charge is -2.00. The number of benzene rings is 1. The van der Waals surface area contributed by atoms with Crippen molar-refractivity contribution in [3.05, 3.63) is 29.8 Å². The third kappa shape index (κ3) is 2.22. The molecule has 0 saturated heterocycles. The van der Waals surface area contributed by atoms with E-state index in [1.54, 1.807) is 7.11 Å². The van der Waals surface area contributed by atoms with Crippen LogP contribution < -0.4 is 10.6 Å². The molecule has 0 heterocycles. The molecular weight excluding hydrogens is 142 g/mol. The van der Waals surface area contributed by atoms with E-state index in [-0.39, 0.29) is 0 Å². The molecule has 3 nitrogen and oxygen atoms in total. The molecule has 0 saturated carbocycles. The molecule has 3 N–H and O–H groups in total. The lowest BCUT2D eigenvalue weighted by molar-refractivity contribution is -0.695. The van der Waals surface area contributed by atoms with Crippen LogP contribution in [0, 0.1) is 0 Å². The zero-order valence-electron chi connectivity index (χ0n) is 6.54. The van der Waals surface area contributed by atoms with Crippen molar-refractivity contribution in [3.63, 3.8) is 0 Å². The first-order chi connectivity index (χ1) is 5.36. The molecule has 1 aromatic carbocycles. The van der Waals surface area contributed by atoms with Gasteiger partial charge in [-0.3, -0.25) is 0 Å². The standard InChI is InChI=1S/C8H12NO2/c1-10-8-4-2-3-7(5-8)6-11-9/h2-5H,6H2,1,9H3/q+1. The van der Waals surface area contributed by atoms with Crippen molar-refractivity contribution in [3.8, 4) is 5.75 Å². The average molecular weight is 154 g/mol. The van der Waals surface area contributed by atoms with Crippen LogP contribution in [-0.4, -0.2) is 7.11 Å². The van der Waals surface area contributed by atoms with Gasteiger partial charge < -0.3 is 4.74 Å². The highest BCUT2D eigenvalue weighted by atomic mass is 16.6. The fraction of sp³-hybridized carbons (Fsp3) is 0.250. The van der Waals surface area contributed by atoms with Gasteiger partial charge in [-0.15, -0.1) is 0 Å². The Morgan fingerprint density at radius 1 is 1.45 bits per heavy atom. The number of rotatable bonds is 3. The Balaban J connectivity index is 2.74. The van der Waals surface area contributed by atoms with Crippen molar-refractivity contribution in [1.82, 2.24) is 0 Å². The molecule has 0 aliphatic carbocycles. The minimum Gasteiger partial charge on any atom is -0.497 e. The molecule has 0 bridgehead atoms. The number of ether oxygens (including phenoxy) is 1. The van der Waals surface area contributed by atoms with Gasteiger partial charge in [-0.1, -0.05) is 12.1 Å². The molecule has 60 valence electrons. The third-order valence-electron chi connectivity index (χ3n) is 1.40. The van der Waals surface area contributed by atoms with Gasteiger partial charge in [0.2, 0.25) is 0 Å². The van der Waals surface area contributed by atoms with Gasteiger partial charge in [0.1, 0.15) is 12.4 Å². The summed E-state index contributed by atoms with van der Waals surface area (Å²) in [5, 5.41) is 0. The van der Waals surface area contributed by atoms with Crippen molar-refractivity contribution in [2.75, 3.05) is 7.11 Å². The molecule has 3 heteroatoms. The predicted molar refractivity (Wildman–Crippen MR) is 40.7 cm³/mol. The number of hydrogen-bond donors (Lipinski definition) is 1. The van der Waals surface area contributed by atoms with E-state index in [1.807, 2.05) is 24.3 Å². The Labute approximate surface area is 65.7 Å². The molecule has 0 unspecified atom stereocenters. The SMILES string of the molecule is COc1cccc(CO[NH3+])c1. The molecule has 0 aromatic heterocycles. The van der Waals surface area contributed by atoms with Crippen molar-refractivity contribution >= 4 is 0 Å². The maximum atomic E-state index is 5.03. The first-order valence-electron chi connectivity index (χ1n) is 3.36. The number of hydrogen-bond acceptors (Lipinski definition) is 2. The van der Waals surface area contributed by atoms with Crippen LogP contribution in [0.1, 0.15) is 5.56 Å². The van der Waals surface area contributed by atoms with Gasteiger partial charge in [0.05, 0.1) is 7.11 Å². The smallest absolute Gasteiger partial charge is 0.131 e. The topological polar surface area (TPSA) is 46.1 Å². The molecule has 0 atom stereocenters. The number of methoxy groups -OCH3 is 1. The molecule has 0 aliphatic rings. The second-order valence-electron chi connectivity index (χ2n) is 2.20. The van der Waals surface area contributed by atoms with E-state index in [0.29, 0.717) is 6.61 Å². The Bertz CT molecular complexity index is 225. The third-order valence-corrected chi connectivity index (χ3v) is 1.40. The van der Waals surface area contributed by atoms with Crippen LogP contribution in [0.4, 0.5) is 0 Å². The Morgan fingerprint density at radius 2 is 2.27 bits per heavy atom. The zero-order valence-corrected chi connectivity index (χ0v) is 6.54. The van der Waals surface area contributed by atoms with Gasteiger partial charge in [0.15, 0.2) is 0 Å². The highest BCUT2D eigenvalue weighted by Crippen LogP contribution is 2.12. The van der Waals surface area contributed by atoms with E-state index < -0.39 is 0 Å². The average Bonchev–Trinajstić information content (AvgIpc) is 2.06. The maximum Gasteiger partial charge on any atom is 0.131 e. The van der Waals surface area contributed by atoms with Crippen molar-refractivity contribution in [2.24, 2.45) is 0 Å². The quantitative estimate of drug-likeness (QED) is 0.639. The van der Waals surface area contributed by atoms with E-state index in [2.05, 4.69) is 5.90 Å². The second kappa shape index (κ2) is 3.95. The molecule has 0 aliphatic heterocycles. The molecule has 11 heavy (non-hydrogen) atoms. The second-order valence-corrected chi connectivity index (χ2v) is 2.20. The summed E-state index contributed by atoms with van der Waals surface area (Å²) < 4.78 is 5.03. The van der Waals surface area contributed by atoms with Gasteiger partial charge >= 0.3 is 0 Å². The molecule has 1 rings (SSSR count). The van der Waals surface area contributed by atoms with Gasteiger partial charge in [0, 0.05) is 0 Å². The predicted octanol–water partition coefficient (Wildman–Crippen LogP) is 0.369. The summed E-state index contributed by atoms with van der Waals surface area (Å²) in [5.41, 5.74) is 1.07. The highest BCUT2D eigenvalue weighted by Gasteiger charge is 1.94. The van der Waals surface area contributed by atoms with Gasteiger partial charge in [-0.25, -0.2) is 10.7 Å². The summed E-state index contributed by atoms with van der Waals surface area (Å²) in [7, 11) is 1.64. The summed E-state index contributed by atoms with van der Waals surface area (Å²) in [4.78, 5) is 4.72. The van der Waals surface area contributed by atoms with E-state index in [4.69, 9.17) is 9.57 Å².